The Kier molecular flexibility index (Phi) is 7.26. The van der Waals surface area contributed by atoms with Gasteiger partial charge in [0.05, 0.1) is 24.6 Å². The Morgan fingerprint density at radius 3 is 2.34 bits per heavy atom. The van der Waals surface area contributed by atoms with Crippen molar-refractivity contribution in [3.05, 3.63) is 48.0 Å². The van der Waals surface area contributed by atoms with Gasteiger partial charge in [0.1, 0.15) is 11.5 Å². The van der Waals surface area contributed by atoms with Crippen LogP contribution in [0.5, 0.6) is 11.5 Å². The Balaban J connectivity index is 1.54. The Labute approximate surface area is 175 Å². The zero-order chi connectivity index (χ0) is 20.7. The number of hydrazine groups is 2. The Morgan fingerprint density at radius 2 is 1.66 bits per heavy atom. The predicted octanol–water partition coefficient (Wildman–Crippen LogP) is 5.57. The van der Waals surface area contributed by atoms with E-state index in [1.807, 2.05) is 30.3 Å². The summed E-state index contributed by atoms with van der Waals surface area (Å²) in [7, 11) is 0. The van der Waals surface area contributed by atoms with Gasteiger partial charge in [-0.25, -0.2) is 0 Å². The van der Waals surface area contributed by atoms with E-state index < -0.39 is 0 Å². The zero-order valence-corrected chi connectivity index (χ0v) is 18.3. The highest BCUT2D eigenvalue weighted by Crippen LogP contribution is 2.39. The molecule has 0 saturated carbocycles. The molecule has 0 unspecified atom stereocenters. The van der Waals surface area contributed by atoms with E-state index in [0.717, 1.165) is 49.4 Å². The molecular formula is C24H35N3O2. The highest BCUT2D eigenvalue weighted by atomic mass is 16.5. The second-order valence-corrected chi connectivity index (χ2v) is 8.79. The van der Waals surface area contributed by atoms with Crippen molar-refractivity contribution < 1.29 is 9.47 Å². The van der Waals surface area contributed by atoms with E-state index in [1.54, 1.807) is 0 Å². The van der Waals surface area contributed by atoms with Gasteiger partial charge < -0.3 is 14.9 Å². The average Bonchev–Trinajstić information content (AvgIpc) is 3.08. The van der Waals surface area contributed by atoms with Gasteiger partial charge in [-0.1, -0.05) is 52.3 Å². The summed E-state index contributed by atoms with van der Waals surface area (Å²) >= 11 is 0. The van der Waals surface area contributed by atoms with Crippen LogP contribution in [0, 0.1) is 5.41 Å². The third-order valence-electron chi connectivity index (χ3n) is 4.80. The van der Waals surface area contributed by atoms with Crippen molar-refractivity contribution in [3.63, 3.8) is 0 Å². The SMILES string of the molecule is CCCc1c(OCCCCOc2ccccc2)ccc2c1NNN2CC(C)(C)C. The summed E-state index contributed by atoms with van der Waals surface area (Å²) in [6.07, 6.45) is 4.02. The molecule has 5 heteroatoms. The predicted molar refractivity (Wildman–Crippen MR) is 121 cm³/mol. The summed E-state index contributed by atoms with van der Waals surface area (Å²) in [4.78, 5) is 0. The first-order valence-electron chi connectivity index (χ1n) is 10.7. The fourth-order valence-electron chi connectivity index (χ4n) is 3.49. The van der Waals surface area contributed by atoms with Crippen LogP contribution in [0.15, 0.2) is 42.5 Å². The maximum absolute atomic E-state index is 6.16. The van der Waals surface area contributed by atoms with Crippen LogP contribution >= 0.6 is 0 Å². The van der Waals surface area contributed by atoms with E-state index in [1.165, 1.54) is 11.3 Å². The first-order valence-corrected chi connectivity index (χ1v) is 10.7. The van der Waals surface area contributed by atoms with Gasteiger partial charge in [0.25, 0.3) is 0 Å². The van der Waals surface area contributed by atoms with E-state index in [2.05, 4.69) is 55.8 Å². The van der Waals surface area contributed by atoms with Crippen molar-refractivity contribution in [2.24, 2.45) is 5.41 Å². The summed E-state index contributed by atoms with van der Waals surface area (Å²) in [5.41, 5.74) is 10.5. The first kappa shape index (κ1) is 21.3. The van der Waals surface area contributed by atoms with Gasteiger partial charge in [0, 0.05) is 12.1 Å². The number of hydrogen-bond acceptors (Lipinski definition) is 5. The van der Waals surface area contributed by atoms with Gasteiger partial charge in [-0.15, -0.1) is 5.53 Å². The molecule has 0 fully saturated rings. The van der Waals surface area contributed by atoms with Crippen LogP contribution in [0.1, 0.15) is 52.5 Å². The number of hydrogen-bond donors (Lipinski definition) is 2. The molecule has 2 aromatic rings. The normalized spacial score (nSPS) is 13.2. The molecule has 2 N–H and O–H groups in total. The van der Waals surface area contributed by atoms with Gasteiger partial charge in [-0.2, -0.15) is 0 Å². The zero-order valence-electron chi connectivity index (χ0n) is 18.3. The summed E-state index contributed by atoms with van der Waals surface area (Å²) in [6, 6.07) is 14.2. The van der Waals surface area contributed by atoms with Crippen LogP contribution in [0.4, 0.5) is 11.4 Å². The molecule has 0 bridgehead atoms. The molecule has 0 spiro atoms. The number of unbranched alkanes of at least 4 members (excludes halogenated alkanes) is 1. The largest absolute Gasteiger partial charge is 0.494 e. The van der Waals surface area contributed by atoms with E-state index >= 15 is 0 Å². The van der Waals surface area contributed by atoms with Gasteiger partial charge >= 0.3 is 0 Å². The standard InChI is InChI=1S/C24H35N3O2/c1-5-11-20-22(29-17-10-9-16-28-19-12-7-6-8-13-19)15-14-21-23(20)25-26-27(21)18-24(2,3)4/h6-8,12-15,25-26H,5,9-11,16-18H2,1-4H3. The maximum Gasteiger partial charge on any atom is 0.124 e. The summed E-state index contributed by atoms with van der Waals surface area (Å²) < 4.78 is 11.9. The molecule has 0 amide bonds. The molecule has 0 aromatic heterocycles. The van der Waals surface area contributed by atoms with Crippen LogP contribution in [0.2, 0.25) is 0 Å². The summed E-state index contributed by atoms with van der Waals surface area (Å²) in [6.45, 7) is 11.3. The first-order chi connectivity index (χ1) is 14.0. The number of nitrogens with one attached hydrogen (secondary N) is 2. The minimum atomic E-state index is 0.207. The molecule has 2 aromatic carbocycles. The lowest BCUT2D eigenvalue weighted by Crippen LogP contribution is -2.41. The second kappa shape index (κ2) is 9.88. The highest BCUT2D eigenvalue weighted by molar-refractivity contribution is 5.79. The van der Waals surface area contributed by atoms with E-state index in [4.69, 9.17) is 9.47 Å². The van der Waals surface area contributed by atoms with Crippen molar-refractivity contribution in [1.29, 1.82) is 0 Å². The van der Waals surface area contributed by atoms with E-state index in [0.29, 0.717) is 13.2 Å². The van der Waals surface area contributed by atoms with Crippen LogP contribution in [-0.2, 0) is 6.42 Å². The number of para-hydroxylation sites is 1. The molecular weight excluding hydrogens is 362 g/mol. The van der Waals surface area contributed by atoms with Crippen LogP contribution < -0.4 is 25.4 Å². The topological polar surface area (TPSA) is 45.8 Å². The molecule has 0 atom stereocenters. The smallest absolute Gasteiger partial charge is 0.124 e. The van der Waals surface area contributed by atoms with Gasteiger partial charge in [-0.05, 0) is 48.9 Å². The lowest BCUT2D eigenvalue weighted by Gasteiger charge is -2.27. The number of benzene rings is 2. The number of anilines is 2. The molecule has 5 nitrogen and oxygen atoms in total. The second-order valence-electron chi connectivity index (χ2n) is 8.79. The molecule has 3 rings (SSSR count). The van der Waals surface area contributed by atoms with Crippen molar-refractivity contribution in [2.45, 2.75) is 53.4 Å². The monoisotopic (exact) mass is 397 g/mol. The molecule has 29 heavy (non-hydrogen) atoms. The third kappa shape index (κ3) is 6.04. The van der Waals surface area contributed by atoms with Crippen molar-refractivity contribution in [3.8, 4) is 11.5 Å². The molecule has 1 heterocycles. The van der Waals surface area contributed by atoms with Gasteiger partial charge in [0.2, 0.25) is 0 Å². The Hall–Kier alpha value is -2.40. The van der Waals surface area contributed by atoms with Gasteiger partial charge in [-0.3, -0.25) is 5.01 Å². The number of fused-ring (bicyclic) bond motifs is 1. The van der Waals surface area contributed by atoms with E-state index in [-0.39, 0.29) is 5.41 Å². The van der Waals surface area contributed by atoms with Crippen molar-refractivity contribution in [1.82, 2.24) is 5.53 Å². The minimum Gasteiger partial charge on any atom is -0.494 e. The number of ether oxygens (including phenoxy) is 2. The fraction of sp³-hybridized carbons (Fsp3) is 0.500. The molecule has 0 aliphatic carbocycles. The van der Waals surface area contributed by atoms with Crippen molar-refractivity contribution in [2.75, 3.05) is 30.2 Å². The third-order valence-corrected chi connectivity index (χ3v) is 4.80. The molecule has 0 saturated heterocycles. The fourth-order valence-corrected chi connectivity index (χ4v) is 3.49. The highest BCUT2D eigenvalue weighted by Gasteiger charge is 2.26. The molecule has 1 aliphatic rings. The molecule has 158 valence electrons. The molecule has 0 radical (unpaired) electrons. The quantitative estimate of drug-likeness (QED) is 0.513. The van der Waals surface area contributed by atoms with Crippen LogP contribution in [0.3, 0.4) is 0 Å². The Bertz CT molecular complexity index is 772. The number of nitrogens with zero attached hydrogens (tertiary/aromatic N) is 1. The summed E-state index contributed by atoms with van der Waals surface area (Å²) in [5.74, 6) is 1.91. The van der Waals surface area contributed by atoms with Crippen LogP contribution in [0.25, 0.3) is 0 Å². The lowest BCUT2D eigenvalue weighted by molar-refractivity contribution is 0.265. The van der Waals surface area contributed by atoms with Crippen LogP contribution in [-0.4, -0.2) is 19.8 Å². The van der Waals surface area contributed by atoms with Crippen molar-refractivity contribution >= 4 is 11.4 Å². The Morgan fingerprint density at radius 1 is 0.931 bits per heavy atom. The average molecular weight is 398 g/mol. The molecule has 1 aliphatic heterocycles. The minimum absolute atomic E-state index is 0.207. The lowest BCUT2D eigenvalue weighted by atomic mass is 9.96. The van der Waals surface area contributed by atoms with Gasteiger partial charge in [0.15, 0.2) is 0 Å². The maximum atomic E-state index is 6.16. The number of rotatable bonds is 10. The summed E-state index contributed by atoms with van der Waals surface area (Å²) in [5, 5.41) is 2.19. The van der Waals surface area contributed by atoms with E-state index in [9.17, 15) is 0 Å².